The van der Waals surface area contributed by atoms with E-state index < -0.39 is 29.0 Å². The van der Waals surface area contributed by atoms with Gasteiger partial charge >= 0.3 is 5.97 Å². The van der Waals surface area contributed by atoms with Crippen LogP contribution < -0.4 is 0 Å². The Kier molecular flexibility index (Phi) is 6.45. The minimum atomic E-state index is -0.860. The van der Waals surface area contributed by atoms with Gasteiger partial charge in [-0.2, -0.15) is 0 Å². The molecule has 3 N–H and O–H groups in total. The number of aliphatic hydroxyl groups excluding tert-OH is 2. The summed E-state index contributed by atoms with van der Waals surface area (Å²) in [6.07, 6.45) is 8.11. The quantitative estimate of drug-likeness (QED) is 0.427. The van der Waals surface area contributed by atoms with Crippen molar-refractivity contribution in [3.05, 3.63) is 11.6 Å². The first-order valence-corrected chi connectivity index (χ1v) is 13.9. The third-order valence-corrected chi connectivity index (χ3v) is 12.6. The number of carboxylic acids is 1. The molecular formula is C30H48O5. The summed E-state index contributed by atoms with van der Waals surface area (Å²) in [5.74, 6) is 0.383. The summed E-state index contributed by atoms with van der Waals surface area (Å²) < 4.78 is 0. The van der Waals surface area contributed by atoms with Gasteiger partial charge in [-0.15, -0.1) is 0 Å². The van der Waals surface area contributed by atoms with Crippen molar-refractivity contribution in [3.63, 3.8) is 0 Å². The van der Waals surface area contributed by atoms with Gasteiger partial charge in [0.2, 0.25) is 0 Å². The van der Waals surface area contributed by atoms with Crippen molar-refractivity contribution in [2.75, 3.05) is 0 Å². The van der Waals surface area contributed by atoms with Crippen molar-refractivity contribution in [2.45, 2.75) is 118 Å². The number of hydrogen-bond acceptors (Lipinski definition) is 4. The number of allylic oxidation sites excluding steroid dienone is 1. The van der Waals surface area contributed by atoms with Crippen LogP contribution >= 0.6 is 0 Å². The van der Waals surface area contributed by atoms with Crippen LogP contribution in [-0.2, 0) is 9.59 Å². The molecule has 0 aromatic heterocycles. The molecular weight excluding hydrogens is 440 g/mol. The van der Waals surface area contributed by atoms with Gasteiger partial charge in [-0.05, 0) is 98.7 Å². The molecule has 5 nitrogen and oxygen atoms in total. The van der Waals surface area contributed by atoms with Crippen LogP contribution in [0.5, 0.6) is 0 Å². The van der Waals surface area contributed by atoms with Crippen molar-refractivity contribution in [2.24, 2.45) is 44.8 Å². The second-order valence-electron chi connectivity index (χ2n) is 14.0. The van der Waals surface area contributed by atoms with Gasteiger partial charge in [0, 0.05) is 11.0 Å². The summed E-state index contributed by atoms with van der Waals surface area (Å²) in [4.78, 5) is 25.9. The van der Waals surface area contributed by atoms with Crippen LogP contribution in [0.4, 0.5) is 0 Å². The van der Waals surface area contributed by atoms with Crippen LogP contribution in [0.1, 0.15) is 106 Å². The number of fused-ring (bicyclic) bond motifs is 3. The number of aliphatic carboxylic acids is 1. The zero-order valence-electron chi connectivity index (χ0n) is 23.0. The molecule has 0 saturated heterocycles. The summed E-state index contributed by atoms with van der Waals surface area (Å²) in [6, 6.07) is 0. The van der Waals surface area contributed by atoms with Gasteiger partial charge in [-0.25, -0.2) is 4.79 Å². The molecule has 4 saturated carbocycles. The number of carbonyl (C=O) groups is 2. The lowest BCUT2D eigenvalue weighted by Crippen LogP contribution is -2.64. The second kappa shape index (κ2) is 8.41. The van der Waals surface area contributed by atoms with Crippen LogP contribution in [0.3, 0.4) is 0 Å². The van der Waals surface area contributed by atoms with Crippen LogP contribution in [0.2, 0.25) is 0 Å². The SMILES string of the molecule is C/C(=C/CC[C@H](C)[C@@H]1CC[C@]2(C)C(=O)[C@]3(CC[C@@]12C)[C@@H](O)C[C@@H]1C(C)(C)[C@H](O)CC[C@@]13C)C(=O)O. The van der Waals surface area contributed by atoms with Gasteiger partial charge in [-0.3, -0.25) is 4.79 Å². The van der Waals surface area contributed by atoms with Crippen molar-refractivity contribution >= 4 is 11.8 Å². The lowest BCUT2D eigenvalue weighted by molar-refractivity contribution is -0.186. The minimum absolute atomic E-state index is 0.113. The van der Waals surface area contributed by atoms with E-state index in [9.17, 15) is 19.8 Å². The van der Waals surface area contributed by atoms with E-state index >= 15 is 0 Å². The maximum atomic E-state index is 14.8. The summed E-state index contributed by atoms with van der Waals surface area (Å²) in [7, 11) is 0. The molecule has 35 heavy (non-hydrogen) atoms. The fourth-order valence-corrected chi connectivity index (χ4v) is 9.92. The molecule has 4 aliphatic carbocycles. The van der Waals surface area contributed by atoms with Crippen LogP contribution in [0, 0.1) is 44.8 Å². The number of ketones is 1. The Morgan fingerprint density at radius 1 is 1.00 bits per heavy atom. The third kappa shape index (κ3) is 3.39. The number of carboxylic acid groups (broad SMARTS) is 1. The Balaban J connectivity index is 1.62. The largest absolute Gasteiger partial charge is 0.478 e. The lowest BCUT2D eigenvalue weighted by Gasteiger charge is -2.62. The first-order valence-electron chi connectivity index (χ1n) is 13.9. The minimum Gasteiger partial charge on any atom is -0.478 e. The molecule has 0 bridgehead atoms. The van der Waals surface area contributed by atoms with Crippen LogP contribution in [0.15, 0.2) is 11.6 Å². The molecule has 0 unspecified atom stereocenters. The molecule has 0 radical (unpaired) electrons. The van der Waals surface area contributed by atoms with Crippen LogP contribution in [0.25, 0.3) is 0 Å². The number of rotatable bonds is 5. The van der Waals surface area contributed by atoms with Crippen molar-refractivity contribution in [3.8, 4) is 0 Å². The van der Waals surface area contributed by atoms with Gasteiger partial charge in [0.05, 0.1) is 17.6 Å². The fourth-order valence-electron chi connectivity index (χ4n) is 9.92. The third-order valence-electron chi connectivity index (χ3n) is 12.6. The maximum Gasteiger partial charge on any atom is 0.330 e. The fraction of sp³-hybridized carbons (Fsp3) is 0.867. The molecule has 0 aliphatic heterocycles. The summed E-state index contributed by atoms with van der Waals surface area (Å²) in [5, 5.41) is 31.6. The molecule has 0 aromatic rings. The molecule has 4 rings (SSSR count). The standard InChI is InChI=1S/C30H48O5/c1-18(9-8-10-19(2)24(33)34)20-11-13-29(7)25(35)30(16-15-27(20,29)5)23(32)17-21-26(3,4)22(31)12-14-28(21,30)6/h10,18,20-23,31-32H,8-9,11-17H2,1-7H3,(H,33,34)/b19-10-/t18-,20-,21+,22+,23-,27-,28-,29+,30-/m0/s1. The van der Waals surface area contributed by atoms with E-state index in [0.717, 1.165) is 44.9 Å². The highest BCUT2D eigenvalue weighted by Crippen LogP contribution is 2.75. The average molecular weight is 489 g/mol. The predicted octanol–water partition coefficient (Wildman–Crippen LogP) is 5.77. The molecule has 1 spiro atoms. The second-order valence-corrected chi connectivity index (χ2v) is 14.0. The Hall–Kier alpha value is -1.20. The number of carbonyl (C=O) groups excluding carboxylic acids is 1. The van der Waals surface area contributed by atoms with E-state index in [0.29, 0.717) is 36.0 Å². The molecule has 4 aliphatic rings. The van der Waals surface area contributed by atoms with Gasteiger partial charge in [0.1, 0.15) is 5.78 Å². The van der Waals surface area contributed by atoms with E-state index in [2.05, 4.69) is 41.5 Å². The number of hydrogen-bond donors (Lipinski definition) is 3. The molecule has 0 heterocycles. The average Bonchev–Trinajstić information content (AvgIpc) is 3.19. The van der Waals surface area contributed by atoms with Crippen LogP contribution in [-0.4, -0.2) is 39.3 Å². The normalized spacial score (nSPS) is 48.0. The van der Waals surface area contributed by atoms with E-state index in [-0.39, 0.29) is 22.2 Å². The highest BCUT2D eigenvalue weighted by Gasteiger charge is 2.76. The Morgan fingerprint density at radius 3 is 2.29 bits per heavy atom. The van der Waals surface area contributed by atoms with Gasteiger partial charge < -0.3 is 15.3 Å². The highest BCUT2D eigenvalue weighted by atomic mass is 16.4. The Morgan fingerprint density at radius 2 is 1.66 bits per heavy atom. The van der Waals surface area contributed by atoms with Gasteiger partial charge in [-0.1, -0.05) is 47.6 Å². The van der Waals surface area contributed by atoms with E-state index in [1.54, 1.807) is 6.92 Å². The van der Waals surface area contributed by atoms with E-state index in [1.165, 1.54) is 0 Å². The monoisotopic (exact) mass is 488 g/mol. The molecule has 0 amide bonds. The zero-order chi connectivity index (χ0) is 26.2. The first-order chi connectivity index (χ1) is 16.1. The zero-order valence-corrected chi connectivity index (χ0v) is 23.0. The first kappa shape index (κ1) is 26.9. The topological polar surface area (TPSA) is 94.8 Å². The maximum absolute atomic E-state index is 14.8. The summed E-state index contributed by atoms with van der Waals surface area (Å²) >= 11 is 0. The van der Waals surface area contributed by atoms with E-state index in [4.69, 9.17) is 5.11 Å². The Bertz CT molecular complexity index is 922. The molecule has 4 fully saturated rings. The van der Waals surface area contributed by atoms with Crippen molar-refractivity contribution < 1.29 is 24.9 Å². The van der Waals surface area contributed by atoms with E-state index in [1.807, 2.05) is 6.08 Å². The summed E-state index contributed by atoms with van der Waals surface area (Å²) in [5.41, 5.74) is -1.50. The lowest BCUT2D eigenvalue weighted by atomic mass is 9.41. The number of Topliss-reactive ketones (excluding diaryl/α,β-unsaturated/α-hetero) is 1. The van der Waals surface area contributed by atoms with Gasteiger partial charge in [0.25, 0.3) is 0 Å². The molecule has 9 atom stereocenters. The smallest absolute Gasteiger partial charge is 0.330 e. The molecule has 0 aromatic carbocycles. The predicted molar refractivity (Wildman–Crippen MR) is 137 cm³/mol. The Labute approximate surface area is 211 Å². The summed E-state index contributed by atoms with van der Waals surface area (Å²) in [6.45, 7) is 14.9. The highest BCUT2D eigenvalue weighted by molar-refractivity contribution is 5.94. The van der Waals surface area contributed by atoms with Gasteiger partial charge in [0.15, 0.2) is 0 Å². The molecule has 198 valence electrons. The van der Waals surface area contributed by atoms with Crippen molar-refractivity contribution in [1.29, 1.82) is 0 Å². The van der Waals surface area contributed by atoms with Crippen molar-refractivity contribution in [1.82, 2.24) is 0 Å². The number of aliphatic hydroxyl groups is 2. The molecule has 5 heteroatoms.